The minimum Gasteiger partial charge on any atom is -0.497 e. The number of hydrogen-bond acceptors (Lipinski definition) is 5. The van der Waals surface area contributed by atoms with Gasteiger partial charge in [0.25, 0.3) is 0 Å². The number of carbonyl (C=O) groups is 1. The summed E-state index contributed by atoms with van der Waals surface area (Å²) in [5.41, 5.74) is 3.55. The SMILES string of the molecule is COc1ccc(C2=CC(c3ccc(Cl)cc3)N3C(CC(=O)O)=CSC3=N2)cc1. The lowest BCUT2D eigenvalue weighted by molar-refractivity contribution is -0.136. The van der Waals surface area contributed by atoms with Crippen LogP contribution in [-0.2, 0) is 4.79 Å². The zero-order valence-electron chi connectivity index (χ0n) is 15.0. The van der Waals surface area contributed by atoms with Gasteiger partial charge in [-0.25, -0.2) is 4.99 Å². The molecule has 0 saturated carbocycles. The lowest BCUT2D eigenvalue weighted by atomic mass is 10.00. The number of thioether (sulfide) groups is 1. The molecule has 1 atom stereocenters. The second-order valence-electron chi connectivity index (χ2n) is 6.34. The molecule has 2 heterocycles. The number of carboxylic acid groups (broad SMARTS) is 1. The van der Waals surface area contributed by atoms with Gasteiger partial charge in [0.15, 0.2) is 5.17 Å². The Kier molecular flexibility index (Phi) is 5.15. The van der Waals surface area contributed by atoms with Crippen molar-refractivity contribution in [2.45, 2.75) is 12.5 Å². The highest BCUT2D eigenvalue weighted by Gasteiger charge is 2.34. The van der Waals surface area contributed by atoms with Gasteiger partial charge in [0, 0.05) is 16.3 Å². The Bertz CT molecular complexity index is 997. The minimum atomic E-state index is -0.868. The second-order valence-corrected chi connectivity index (χ2v) is 7.61. The summed E-state index contributed by atoms with van der Waals surface area (Å²) in [5, 5.41) is 12.6. The van der Waals surface area contributed by atoms with Crippen LogP contribution in [0.4, 0.5) is 0 Å². The summed E-state index contributed by atoms with van der Waals surface area (Å²) < 4.78 is 5.23. The maximum absolute atomic E-state index is 11.3. The third kappa shape index (κ3) is 3.66. The number of fused-ring (bicyclic) bond motifs is 1. The van der Waals surface area contributed by atoms with Crippen LogP contribution < -0.4 is 4.74 Å². The van der Waals surface area contributed by atoms with Crippen molar-refractivity contribution in [3.63, 3.8) is 0 Å². The first-order chi connectivity index (χ1) is 13.5. The van der Waals surface area contributed by atoms with Gasteiger partial charge in [-0.1, -0.05) is 35.5 Å². The largest absolute Gasteiger partial charge is 0.497 e. The fraction of sp³-hybridized carbons (Fsp3) is 0.143. The summed E-state index contributed by atoms with van der Waals surface area (Å²) in [6.07, 6.45) is 2.00. The number of amidine groups is 1. The summed E-state index contributed by atoms with van der Waals surface area (Å²) >= 11 is 7.50. The number of aliphatic imine (C=N–C) groups is 1. The Balaban J connectivity index is 1.75. The first-order valence-electron chi connectivity index (χ1n) is 8.62. The highest BCUT2D eigenvalue weighted by molar-refractivity contribution is 8.16. The number of methoxy groups -OCH3 is 1. The third-order valence-corrected chi connectivity index (χ3v) is 5.70. The summed E-state index contributed by atoms with van der Waals surface area (Å²) in [6, 6.07) is 15.2. The van der Waals surface area contributed by atoms with Crippen LogP contribution >= 0.6 is 23.4 Å². The molecular weight excluding hydrogens is 396 g/mol. The zero-order valence-corrected chi connectivity index (χ0v) is 16.6. The fourth-order valence-electron chi connectivity index (χ4n) is 3.21. The van der Waals surface area contributed by atoms with E-state index < -0.39 is 5.97 Å². The van der Waals surface area contributed by atoms with E-state index in [4.69, 9.17) is 21.3 Å². The van der Waals surface area contributed by atoms with Crippen molar-refractivity contribution in [3.8, 4) is 5.75 Å². The first kappa shape index (κ1) is 18.7. The van der Waals surface area contributed by atoms with Gasteiger partial charge in [-0.05, 0) is 53.4 Å². The maximum Gasteiger partial charge on any atom is 0.309 e. The van der Waals surface area contributed by atoms with Crippen LogP contribution in [0.25, 0.3) is 5.70 Å². The monoisotopic (exact) mass is 412 g/mol. The summed E-state index contributed by atoms with van der Waals surface area (Å²) in [4.78, 5) is 18.1. The minimum absolute atomic E-state index is 0.0538. The van der Waals surface area contributed by atoms with E-state index >= 15 is 0 Å². The van der Waals surface area contributed by atoms with Gasteiger partial charge in [0.1, 0.15) is 5.75 Å². The highest BCUT2D eigenvalue weighted by atomic mass is 35.5. The van der Waals surface area contributed by atoms with Crippen LogP contribution in [0.1, 0.15) is 23.6 Å². The third-order valence-electron chi connectivity index (χ3n) is 4.56. The molecule has 2 aliphatic heterocycles. The molecule has 0 fully saturated rings. The van der Waals surface area contributed by atoms with Gasteiger partial charge in [-0.15, -0.1) is 0 Å². The predicted molar refractivity (Wildman–Crippen MR) is 112 cm³/mol. The maximum atomic E-state index is 11.3. The number of aliphatic carboxylic acids is 1. The lowest BCUT2D eigenvalue weighted by Gasteiger charge is -2.33. The first-order valence-corrected chi connectivity index (χ1v) is 9.88. The molecule has 0 aromatic heterocycles. The van der Waals surface area contributed by atoms with Crippen molar-refractivity contribution in [1.29, 1.82) is 0 Å². The van der Waals surface area contributed by atoms with E-state index in [0.29, 0.717) is 5.02 Å². The molecule has 0 saturated heterocycles. The molecule has 2 aromatic carbocycles. The molecule has 1 N–H and O–H groups in total. The molecule has 5 nitrogen and oxygen atoms in total. The van der Waals surface area contributed by atoms with Crippen molar-refractivity contribution >= 4 is 40.2 Å². The van der Waals surface area contributed by atoms with Crippen LogP contribution in [0, 0.1) is 0 Å². The van der Waals surface area contributed by atoms with Gasteiger partial charge >= 0.3 is 5.97 Å². The molecule has 2 aromatic rings. The molecule has 0 radical (unpaired) electrons. The zero-order chi connectivity index (χ0) is 19.7. The Morgan fingerprint density at radius 2 is 1.93 bits per heavy atom. The van der Waals surface area contributed by atoms with Gasteiger partial charge in [-0.2, -0.15) is 0 Å². The second kappa shape index (κ2) is 7.73. The smallest absolute Gasteiger partial charge is 0.309 e. The molecule has 28 heavy (non-hydrogen) atoms. The number of hydrogen-bond donors (Lipinski definition) is 1. The molecule has 7 heteroatoms. The molecule has 1 unspecified atom stereocenters. The van der Waals surface area contributed by atoms with Gasteiger partial charge < -0.3 is 14.7 Å². The molecule has 4 rings (SSSR count). The van der Waals surface area contributed by atoms with Gasteiger partial charge in [0.2, 0.25) is 0 Å². The van der Waals surface area contributed by atoms with Crippen LogP contribution in [-0.4, -0.2) is 28.3 Å². The Morgan fingerprint density at radius 3 is 2.57 bits per heavy atom. The summed E-state index contributed by atoms with van der Waals surface area (Å²) in [6.45, 7) is 0. The van der Waals surface area contributed by atoms with E-state index in [9.17, 15) is 9.90 Å². The van der Waals surface area contributed by atoms with Crippen LogP contribution in [0.5, 0.6) is 5.75 Å². The lowest BCUT2D eigenvalue weighted by Crippen LogP contribution is -2.31. The number of ether oxygens (including phenoxy) is 1. The summed E-state index contributed by atoms with van der Waals surface area (Å²) in [5.74, 6) is -0.0859. The standard InChI is InChI=1S/C21H17ClN2O3S/c1-27-17-8-4-13(5-9-17)18-11-19(14-2-6-15(22)7-3-14)24-16(10-20(25)26)12-28-21(24)23-18/h2-9,11-12,19H,10H2,1H3,(H,25,26). The van der Waals surface area contributed by atoms with Crippen molar-refractivity contribution in [1.82, 2.24) is 4.90 Å². The van der Waals surface area contributed by atoms with E-state index in [0.717, 1.165) is 33.4 Å². The van der Waals surface area contributed by atoms with Crippen LogP contribution in [0.2, 0.25) is 5.02 Å². The molecule has 0 spiro atoms. The number of benzene rings is 2. The van der Waals surface area contributed by atoms with E-state index in [-0.39, 0.29) is 12.5 Å². The average Bonchev–Trinajstić information content (AvgIpc) is 3.10. The van der Waals surface area contributed by atoms with Crippen molar-refractivity contribution in [3.05, 3.63) is 81.9 Å². The number of rotatable bonds is 5. The van der Waals surface area contributed by atoms with Crippen molar-refractivity contribution < 1.29 is 14.6 Å². The average molecular weight is 413 g/mol. The topological polar surface area (TPSA) is 62.1 Å². The molecule has 0 bridgehead atoms. The Labute approximate surface area is 172 Å². The van der Waals surface area contributed by atoms with Crippen LogP contribution in [0.15, 0.2) is 70.7 Å². The normalized spacial score (nSPS) is 18.1. The van der Waals surface area contributed by atoms with Crippen molar-refractivity contribution in [2.24, 2.45) is 4.99 Å². The quantitative estimate of drug-likeness (QED) is 0.734. The summed E-state index contributed by atoms with van der Waals surface area (Å²) in [7, 11) is 1.63. The highest BCUT2D eigenvalue weighted by Crippen LogP contribution is 2.42. The van der Waals surface area contributed by atoms with E-state index in [1.165, 1.54) is 11.8 Å². The van der Waals surface area contributed by atoms with Gasteiger partial charge in [-0.3, -0.25) is 4.79 Å². The predicted octanol–water partition coefficient (Wildman–Crippen LogP) is 5.17. The molecule has 142 valence electrons. The molecular formula is C21H17ClN2O3S. The Morgan fingerprint density at radius 1 is 1.21 bits per heavy atom. The van der Waals surface area contributed by atoms with E-state index in [1.807, 2.05) is 58.8 Å². The Hall–Kier alpha value is -2.70. The number of carboxylic acids is 1. The van der Waals surface area contributed by atoms with E-state index in [2.05, 4.69) is 6.08 Å². The number of nitrogens with zero attached hydrogens (tertiary/aromatic N) is 2. The van der Waals surface area contributed by atoms with Crippen LogP contribution in [0.3, 0.4) is 0 Å². The molecule has 2 aliphatic rings. The molecule has 0 amide bonds. The fourth-order valence-corrected chi connectivity index (χ4v) is 4.27. The van der Waals surface area contributed by atoms with Gasteiger partial charge in [0.05, 0.1) is 25.3 Å². The van der Waals surface area contributed by atoms with Crippen molar-refractivity contribution in [2.75, 3.05) is 7.11 Å². The number of halogens is 1. The van der Waals surface area contributed by atoms with E-state index in [1.54, 1.807) is 7.11 Å². The molecule has 0 aliphatic carbocycles.